The summed E-state index contributed by atoms with van der Waals surface area (Å²) in [4.78, 5) is 30.1. The first-order valence-electron chi connectivity index (χ1n) is 9.63. The molecule has 1 aromatic carbocycles. The number of carbonyl (C=O) groups excluding carboxylic acids is 2. The van der Waals surface area contributed by atoms with E-state index in [1.807, 2.05) is 11.9 Å². The molecule has 3 rings (SSSR count). The Morgan fingerprint density at radius 3 is 2.53 bits per heavy atom. The monoisotopic (exact) mass is 431 g/mol. The fraction of sp³-hybridized carbons (Fsp3) is 0.350. The van der Waals surface area contributed by atoms with Gasteiger partial charge in [-0.25, -0.2) is 13.4 Å². The number of benzene rings is 1. The number of sulfonamides is 1. The number of amides is 2. The molecule has 2 aromatic rings. The Morgan fingerprint density at radius 1 is 1.17 bits per heavy atom. The molecule has 1 aliphatic rings. The Morgan fingerprint density at radius 2 is 1.90 bits per heavy atom. The van der Waals surface area contributed by atoms with Crippen molar-refractivity contribution < 1.29 is 18.0 Å². The van der Waals surface area contributed by atoms with Gasteiger partial charge in [-0.1, -0.05) is 13.0 Å². The molecule has 3 N–H and O–H groups in total. The summed E-state index contributed by atoms with van der Waals surface area (Å²) in [6.45, 7) is 2.38. The molecule has 0 unspecified atom stereocenters. The molecule has 1 aliphatic heterocycles. The van der Waals surface area contributed by atoms with Gasteiger partial charge in [0.2, 0.25) is 11.8 Å². The van der Waals surface area contributed by atoms with Crippen LogP contribution in [-0.4, -0.2) is 55.8 Å². The predicted octanol–water partition coefficient (Wildman–Crippen LogP) is 1.42. The summed E-state index contributed by atoms with van der Waals surface area (Å²) in [6, 6.07) is 10.4. The van der Waals surface area contributed by atoms with Crippen molar-refractivity contribution in [3.63, 3.8) is 0 Å². The van der Waals surface area contributed by atoms with Crippen molar-refractivity contribution in [1.29, 1.82) is 0 Å². The van der Waals surface area contributed by atoms with E-state index in [2.05, 4.69) is 20.3 Å². The van der Waals surface area contributed by atoms with Crippen LogP contribution in [-0.2, 0) is 19.6 Å². The Labute approximate surface area is 175 Å². The second kappa shape index (κ2) is 9.23. The van der Waals surface area contributed by atoms with E-state index in [-0.39, 0.29) is 34.6 Å². The molecule has 30 heavy (non-hydrogen) atoms. The first kappa shape index (κ1) is 21.7. The molecule has 0 aliphatic carbocycles. The number of anilines is 2. The van der Waals surface area contributed by atoms with Gasteiger partial charge in [0, 0.05) is 30.9 Å². The normalized spacial score (nSPS) is 19.3. The standard InChI is InChI=1S/C20H25N5O4S/c1-3-19(26)22-15-12-17(25(2)13-15)20(27)23-14-7-9-16(10-8-14)30(28,29)24-18-6-4-5-11-21-18/h4-11,15,17H,3,12-13H2,1-2H3,(H,21,24)(H,22,26)(H,23,27)/t15-,17+/m1/s1. The number of hydrogen-bond acceptors (Lipinski definition) is 6. The summed E-state index contributed by atoms with van der Waals surface area (Å²) in [5.74, 6) is -0.0117. The highest BCUT2D eigenvalue weighted by Gasteiger charge is 2.35. The molecule has 9 nitrogen and oxygen atoms in total. The Kier molecular flexibility index (Phi) is 6.68. The molecule has 10 heteroatoms. The lowest BCUT2D eigenvalue weighted by Crippen LogP contribution is -2.37. The first-order chi connectivity index (χ1) is 14.3. The van der Waals surface area contributed by atoms with Crippen LogP contribution in [0, 0.1) is 0 Å². The van der Waals surface area contributed by atoms with Gasteiger partial charge < -0.3 is 10.6 Å². The van der Waals surface area contributed by atoms with E-state index in [0.29, 0.717) is 25.1 Å². The average Bonchev–Trinajstić information content (AvgIpc) is 3.08. The van der Waals surface area contributed by atoms with Gasteiger partial charge in [0.05, 0.1) is 10.9 Å². The summed E-state index contributed by atoms with van der Waals surface area (Å²) in [7, 11) is -1.94. The van der Waals surface area contributed by atoms with Gasteiger partial charge in [0.1, 0.15) is 5.82 Å². The van der Waals surface area contributed by atoms with Gasteiger partial charge in [0.25, 0.3) is 10.0 Å². The van der Waals surface area contributed by atoms with Crippen molar-refractivity contribution in [3.05, 3.63) is 48.7 Å². The third-order valence-electron chi connectivity index (χ3n) is 4.87. The smallest absolute Gasteiger partial charge is 0.263 e. The Balaban J connectivity index is 1.61. The zero-order valence-corrected chi connectivity index (χ0v) is 17.6. The third kappa shape index (κ3) is 5.33. The summed E-state index contributed by atoms with van der Waals surface area (Å²) in [6.07, 6.45) is 2.42. The van der Waals surface area contributed by atoms with Crippen molar-refractivity contribution in [2.75, 3.05) is 23.6 Å². The van der Waals surface area contributed by atoms with E-state index in [4.69, 9.17) is 0 Å². The maximum atomic E-state index is 12.6. The molecule has 0 bridgehead atoms. The van der Waals surface area contributed by atoms with Crippen molar-refractivity contribution in [3.8, 4) is 0 Å². The van der Waals surface area contributed by atoms with Crippen molar-refractivity contribution in [2.24, 2.45) is 0 Å². The Bertz CT molecular complexity index is 996. The highest BCUT2D eigenvalue weighted by Crippen LogP contribution is 2.20. The second-order valence-electron chi connectivity index (χ2n) is 7.14. The van der Waals surface area contributed by atoms with E-state index < -0.39 is 10.0 Å². The predicted molar refractivity (Wildman–Crippen MR) is 113 cm³/mol. The maximum absolute atomic E-state index is 12.6. The molecular weight excluding hydrogens is 406 g/mol. The molecule has 1 saturated heterocycles. The van der Waals surface area contributed by atoms with Crippen molar-refractivity contribution in [1.82, 2.24) is 15.2 Å². The number of pyridine rings is 1. The van der Waals surface area contributed by atoms with Gasteiger partial charge in [-0.15, -0.1) is 0 Å². The van der Waals surface area contributed by atoms with Crippen LogP contribution >= 0.6 is 0 Å². The summed E-state index contributed by atoms with van der Waals surface area (Å²) in [5.41, 5.74) is 0.492. The highest BCUT2D eigenvalue weighted by molar-refractivity contribution is 7.92. The van der Waals surface area contributed by atoms with E-state index in [1.54, 1.807) is 25.1 Å². The topological polar surface area (TPSA) is 120 Å². The fourth-order valence-electron chi connectivity index (χ4n) is 3.30. The van der Waals surface area contributed by atoms with Gasteiger partial charge >= 0.3 is 0 Å². The molecular formula is C20H25N5O4S. The average molecular weight is 432 g/mol. The van der Waals surface area contributed by atoms with Gasteiger partial charge in [-0.05, 0) is 49.9 Å². The van der Waals surface area contributed by atoms with Crippen molar-refractivity contribution in [2.45, 2.75) is 36.7 Å². The second-order valence-corrected chi connectivity index (χ2v) is 8.83. The molecule has 1 fully saturated rings. The van der Waals surface area contributed by atoms with Gasteiger partial charge in [-0.3, -0.25) is 19.2 Å². The maximum Gasteiger partial charge on any atom is 0.263 e. The summed E-state index contributed by atoms with van der Waals surface area (Å²) >= 11 is 0. The van der Waals surface area contributed by atoms with E-state index in [0.717, 1.165) is 0 Å². The fourth-order valence-corrected chi connectivity index (χ4v) is 4.31. The van der Waals surface area contributed by atoms with Gasteiger partial charge in [-0.2, -0.15) is 0 Å². The minimum Gasteiger partial charge on any atom is -0.352 e. The third-order valence-corrected chi connectivity index (χ3v) is 6.24. The number of rotatable bonds is 7. The van der Waals surface area contributed by atoms with Crippen LogP contribution in [0.25, 0.3) is 0 Å². The first-order valence-corrected chi connectivity index (χ1v) is 11.1. The van der Waals surface area contributed by atoms with Crippen LogP contribution in [0.3, 0.4) is 0 Å². The number of hydrogen-bond donors (Lipinski definition) is 3. The largest absolute Gasteiger partial charge is 0.352 e. The minimum atomic E-state index is -3.78. The van der Waals surface area contributed by atoms with E-state index >= 15 is 0 Å². The van der Waals surface area contributed by atoms with Gasteiger partial charge in [0.15, 0.2) is 0 Å². The van der Waals surface area contributed by atoms with Crippen LogP contribution in [0.4, 0.5) is 11.5 Å². The summed E-state index contributed by atoms with van der Waals surface area (Å²) in [5, 5.41) is 5.72. The lowest BCUT2D eigenvalue weighted by atomic mass is 10.1. The number of nitrogens with zero attached hydrogens (tertiary/aromatic N) is 2. The van der Waals surface area contributed by atoms with Crippen LogP contribution < -0.4 is 15.4 Å². The van der Waals surface area contributed by atoms with Crippen LogP contribution in [0.1, 0.15) is 19.8 Å². The quantitative estimate of drug-likeness (QED) is 0.610. The molecule has 2 heterocycles. The number of nitrogens with one attached hydrogen (secondary N) is 3. The summed E-state index contributed by atoms with van der Waals surface area (Å²) < 4.78 is 27.3. The Hall–Kier alpha value is -2.98. The lowest BCUT2D eigenvalue weighted by Gasteiger charge is -2.18. The molecule has 2 amide bonds. The van der Waals surface area contributed by atoms with Crippen LogP contribution in [0.5, 0.6) is 0 Å². The lowest BCUT2D eigenvalue weighted by molar-refractivity contribution is -0.122. The SMILES string of the molecule is CCC(=O)N[C@@H]1C[C@@H](C(=O)Nc2ccc(S(=O)(=O)Nc3ccccn3)cc2)N(C)C1. The van der Waals surface area contributed by atoms with Crippen LogP contribution in [0.2, 0.25) is 0 Å². The molecule has 0 saturated carbocycles. The zero-order valence-electron chi connectivity index (χ0n) is 16.8. The molecule has 0 spiro atoms. The van der Waals surface area contributed by atoms with E-state index in [1.165, 1.54) is 30.5 Å². The van der Waals surface area contributed by atoms with Crippen molar-refractivity contribution >= 4 is 33.3 Å². The number of likely N-dealkylation sites (N-methyl/N-ethyl adjacent to an activating group) is 1. The molecule has 2 atom stereocenters. The van der Waals surface area contributed by atoms with E-state index in [9.17, 15) is 18.0 Å². The zero-order chi connectivity index (χ0) is 21.7. The number of aromatic nitrogens is 1. The van der Waals surface area contributed by atoms with Crippen LogP contribution in [0.15, 0.2) is 53.6 Å². The minimum absolute atomic E-state index is 0.0365. The molecule has 1 aromatic heterocycles. The molecule has 160 valence electrons. The number of likely N-dealkylation sites (tertiary alicyclic amines) is 1. The highest BCUT2D eigenvalue weighted by atomic mass is 32.2. The number of carbonyl (C=O) groups is 2. The molecule has 0 radical (unpaired) electrons.